The van der Waals surface area contributed by atoms with Crippen LogP contribution in [0.1, 0.15) is 129 Å². The van der Waals surface area contributed by atoms with E-state index in [4.69, 9.17) is 18.5 Å². The zero-order chi connectivity index (χ0) is 40.0. The third-order valence-electron chi connectivity index (χ3n) is 7.93. The van der Waals surface area contributed by atoms with Crippen molar-refractivity contribution in [1.29, 1.82) is 0 Å². The standard InChI is InChI=1S/C44H74NO8P/c1-6-8-10-12-14-16-18-20-21-22-23-25-26-28-30-32-34-36-43(46)50-40-42(41-52-54(48,49)51-39-38-45(3,4)5)53-44(47)37-35-33-31-29-27-24-19-17-15-13-11-9-7-2/h8-11,14-17,20-21,24,27,31,33,42H,6-7,12-13,18-19,22-23,25-26,28-30,32,34-41H2,1-5H3/p+1/b10-8-,11-9-,16-14-,17-15-,21-20-,27-24-,33-31-. The lowest BCUT2D eigenvalue weighted by Crippen LogP contribution is -2.37. The highest BCUT2D eigenvalue weighted by molar-refractivity contribution is 7.47. The number of phosphoric acid groups is 1. The first-order chi connectivity index (χ1) is 26.0. The molecule has 0 heterocycles. The van der Waals surface area contributed by atoms with Gasteiger partial charge in [0.05, 0.1) is 27.7 Å². The van der Waals surface area contributed by atoms with Gasteiger partial charge in [0.15, 0.2) is 6.10 Å². The molecular weight excluding hydrogens is 701 g/mol. The highest BCUT2D eigenvalue weighted by Gasteiger charge is 2.27. The Kier molecular flexibility index (Phi) is 34.0. The van der Waals surface area contributed by atoms with Gasteiger partial charge in [-0.2, -0.15) is 0 Å². The number of quaternary nitrogens is 1. The number of likely N-dealkylation sites (N-methyl/N-ethyl adjacent to an activating group) is 1. The highest BCUT2D eigenvalue weighted by Crippen LogP contribution is 2.43. The fraction of sp³-hybridized carbons (Fsp3) is 0.636. The summed E-state index contributed by atoms with van der Waals surface area (Å²) in [6, 6.07) is 0. The third kappa shape index (κ3) is 38.9. The Morgan fingerprint density at radius 3 is 1.56 bits per heavy atom. The van der Waals surface area contributed by atoms with E-state index in [1.54, 1.807) is 0 Å². The van der Waals surface area contributed by atoms with Crippen LogP contribution in [0.5, 0.6) is 0 Å². The zero-order valence-corrected chi connectivity index (χ0v) is 35.3. The summed E-state index contributed by atoms with van der Waals surface area (Å²) in [7, 11) is 1.41. The van der Waals surface area contributed by atoms with E-state index >= 15 is 0 Å². The van der Waals surface area contributed by atoms with E-state index in [-0.39, 0.29) is 26.1 Å². The SMILES string of the molecule is CC/C=C\C/C=C\C/C=C\C/C=C\CCC(=O)OC(COC(=O)CCCCCCCCC/C=C\C/C=C\C/C=C\CC)COP(=O)(O)OCC[N+](C)(C)C. The van der Waals surface area contributed by atoms with Crippen molar-refractivity contribution in [2.24, 2.45) is 0 Å². The molecule has 1 N–H and O–H groups in total. The van der Waals surface area contributed by atoms with Crippen LogP contribution in [-0.4, -0.2) is 74.9 Å². The van der Waals surface area contributed by atoms with E-state index in [0.717, 1.165) is 70.6 Å². The van der Waals surface area contributed by atoms with Crippen molar-refractivity contribution in [3.05, 3.63) is 85.1 Å². The molecule has 0 aliphatic rings. The summed E-state index contributed by atoms with van der Waals surface area (Å²) in [6.45, 7) is 4.06. The molecule has 308 valence electrons. The minimum atomic E-state index is -4.40. The van der Waals surface area contributed by atoms with Gasteiger partial charge in [-0.25, -0.2) is 4.57 Å². The van der Waals surface area contributed by atoms with Crippen molar-refractivity contribution in [2.45, 2.75) is 136 Å². The summed E-state index contributed by atoms with van der Waals surface area (Å²) < 4.78 is 34.1. The molecule has 0 aromatic rings. The third-order valence-corrected chi connectivity index (χ3v) is 8.92. The fourth-order valence-electron chi connectivity index (χ4n) is 4.80. The molecular formula is C44H75NO8P+. The van der Waals surface area contributed by atoms with E-state index < -0.39 is 32.5 Å². The number of hydrogen-bond acceptors (Lipinski definition) is 7. The largest absolute Gasteiger partial charge is 0.472 e. The molecule has 0 amide bonds. The summed E-state index contributed by atoms with van der Waals surface area (Å²) in [5.41, 5.74) is 0. The van der Waals surface area contributed by atoms with Crippen LogP contribution in [0.3, 0.4) is 0 Å². The van der Waals surface area contributed by atoms with Gasteiger partial charge in [-0.15, -0.1) is 0 Å². The lowest BCUT2D eigenvalue weighted by molar-refractivity contribution is -0.870. The average Bonchev–Trinajstić information content (AvgIpc) is 3.12. The molecule has 2 atom stereocenters. The number of nitrogens with zero attached hydrogens (tertiary/aromatic N) is 1. The van der Waals surface area contributed by atoms with Crippen molar-refractivity contribution < 1.29 is 42.1 Å². The molecule has 0 aliphatic heterocycles. The Hall–Kier alpha value is -2.81. The number of esters is 2. The molecule has 0 rings (SSSR count). The van der Waals surface area contributed by atoms with Crippen LogP contribution in [-0.2, 0) is 32.7 Å². The van der Waals surface area contributed by atoms with Crippen LogP contribution in [0.15, 0.2) is 85.1 Å². The smallest absolute Gasteiger partial charge is 0.462 e. The zero-order valence-electron chi connectivity index (χ0n) is 34.4. The maximum absolute atomic E-state index is 12.6. The number of ether oxygens (including phenoxy) is 2. The first-order valence-electron chi connectivity index (χ1n) is 20.3. The molecule has 0 fully saturated rings. The number of phosphoric ester groups is 1. The molecule has 0 spiro atoms. The number of rotatable bonds is 35. The lowest BCUT2D eigenvalue weighted by atomic mass is 10.1. The Morgan fingerprint density at radius 2 is 1.04 bits per heavy atom. The molecule has 10 heteroatoms. The molecule has 0 bridgehead atoms. The minimum absolute atomic E-state index is 0.0126. The van der Waals surface area contributed by atoms with Crippen LogP contribution in [0.2, 0.25) is 0 Å². The summed E-state index contributed by atoms with van der Waals surface area (Å²) in [4.78, 5) is 35.2. The first kappa shape index (κ1) is 51.2. The molecule has 0 saturated carbocycles. The maximum Gasteiger partial charge on any atom is 0.472 e. The van der Waals surface area contributed by atoms with Crippen molar-refractivity contribution in [3.63, 3.8) is 0 Å². The van der Waals surface area contributed by atoms with Gasteiger partial charge in [0.2, 0.25) is 0 Å². The highest BCUT2D eigenvalue weighted by atomic mass is 31.2. The van der Waals surface area contributed by atoms with Crippen LogP contribution < -0.4 is 0 Å². The molecule has 0 aliphatic carbocycles. The molecule has 54 heavy (non-hydrogen) atoms. The molecule has 0 aromatic heterocycles. The second kappa shape index (κ2) is 35.9. The summed E-state index contributed by atoms with van der Waals surface area (Å²) in [5, 5.41) is 0. The van der Waals surface area contributed by atoms with Gasteiger partial charge in [0, 0.05) is 12.8 Å². The first-order valence-corrected chi connectivity index (χ1v) is 21.8. The number of carbonyl (C=O) groups excluding carboxylic acids is 2. The van der Waals surface area contributed by atoms with Crippen molar-refractivity contribution >= 4 is 19.8 Å². The van der Waals surface area contributed by atoms with Crippen molar-refractivity contribution in [2.75, 3.05) is 47.5 Å². The van der Waals surface area contributed by atoms with Crippen molar-refractivity contribution in [3.8, 4) is 0 Å². The molecule has 0 radical (unpaired) electrons. The summed E-state index contributed by atoms with van der Waals surface area (Å²) >= 11 is 0. The van der Waals surface area contributed by atoms with Crippen LogP contribution in [0.4, 0.5) is 0 Å². The predicted octanol–water partition coefficient (Wildman–Crippen LogP) is 11.2. The monoisotopic (exact) mass is 777 g/mol. The average molecular weight is 777 g/mol. The second-order valence-corrected chi connectivity index (χ2v) is 15.7. The van der Waals surface area contributed by atoms with E-state index in [1.165, 1.54) is 19.3 Å². The number of allylic oxidation sites excluding steroid dienone is 14. The number of unbranched alkanes of at least 4 members (excludes halogenated alkanes) is 7. The van der Waals surface area contributed by atoms with Crippen LogP contribution >= 0.6 is 7.82 Å². The summed E-state index contributed by atoms with van der Waals surface area (Å²) in [6.07, 6.45) is 45.1. The predicted molar refractivity (Wildman–Crippen MR) is 224 cm³/mol. The Balaban J connectivity index is 4.50. The van der Waals surface area contributed by atoms with E-state index in [0.29, 0.717) is 23.9 Å². The Bertz CT molecular complexity index is 1200. The molecule has 9 nitrogen and oxygen atoms in total. The van der Waals surface area contributed by atoms with Gasteiger partial charge in [0.25, 0.3) is 0 Å². The topological polar surface area (TPSA) is 108 Å². The van der Waals surface area contributed by atoms with Crippen LogP contribution in [0, 0.1) is 0 Å². The Morgan fingerprint density at radius 1 is 0.574 bits per heavy atom. The maximum atomic E-state index is 12.6. The van der Waals surface area contributed by atoms with Gasteiger partial charge in [-0.1, -0.05) is 131 Å². The molecule has 0 aromatic carbocycles. The van der Waals surface area contributed by atoms with Gasteiger partial charge in [0.1, 0.15) is 19.8 Å². The normalized spacial score (nSPS) is 14.6. The number of hydrogen-bond donors (Lipinski definition) is 1. The fourth-order valence-corrected chi connectivity index (χ4v) is 5.55. The van der Waals surface area contributed by atoms with Gasteiger partial charge in [-0.05, 0) is 70.6 Å². The number of carbonyl (C=O) groups is 2. The van der Waals surface area contributed by atoms with Gasteiger partial charge in [-0.3, -0.25) is 18.6 Å². The van der Waals surface area contributed by atoms with Crippen LogP contribution in [0.25, 0.3) is 0 Å². The van der Waals surface area contributed by atoms with E-state index in [1.807, 2.05) is 33.3 Å². The molecule has 0 saturated heterocycles. The Labute approximate surface area is 329 Å². The van der Waals surface area contributed by atoms with Crippen molar-refractivity contribution in [1.82, 2.24) is 0 Å². The van der Waals surface area contributed by atoms with Gasteiger partial charge >= 0.3 is 19.8 Å². The lowest BCUT2D eigenvalue weighted by Gasteiger charge is -2.24. The summed E-state index contributed by atoms with van der Waals surface area (Å²) in [5.74, 6) is -0.915. The van der Waals surface area contributed by atoms with E-state index in [2.05, 4.69) is 86.8 Å². The van der Waals surface area contributed by atoms with E-state index in [9.17, 15) is 19.0 Å². The second-order valence-electron chi connectivity index (χ2n) is 14.3. The van der Waals surface area contributed by atoms with Gasteiger partial charge < -0.3 is 18.9 Å². The minimum Gasteiger partial charge on any atom is -0.462 e. The molecule has 2 unspecified atom stereocenters. The quantitative estimate of drug-likeness (QED) is 0.0223.